The van der Waals surface area contributed by atoms with Gasteiger partial charge < -0.3 is 14.5 Å². The molecule has 0 atom stereocenters. The van der Waals surface area contributed by atoms with E-state index in [0.29, 0.717) is 43.4 Å². The molecule has 0 aliphatic carbocycles. The SMILES string of the molecule is Cc1nc(CN(C(=O)c2cc([N+](=O)[O-])ccc2N2CCOCC2)c2ccc(F)cc2)cs1. The van der Waals surface area contributed by atoms with E-state index in [2.05, 4.69) is 4.98 Å². The molecule has 0 bridgehead atoms. The number of aryl methyl sites for hydroxylation is 1. The molecule has 4 rings (SSSR count). The standard InChI is InChI=1S/C22H21FN4O4S/c1-15-24-17(14-32-15)13-26(18-4-2-16(23)3-5-18)22(28)20-12-19(27(29)30)6-7-21(20)25-8-10-31-11-9-25/h2-7,12,14H,8-11,13H2,1H3. The fraction of sp³-hybridized carbons (Fsp3) is 0.273. The Morgan fingerprint density at radius 1 is 1.25 bits per heavy atom. The Morgan fingerprint density at radius 2 is 1.97 bits per heavy atom. The minimum Gasteiger partial charge on any atom is -0.378 e. The number of nitro groups is 1. The molecule has 8 nitrogen and oxygen atoms in total. The number of halogens is 1. The van der Waals surface area contributed by atoms with Gasteiger partial charge in [0.05, 0.1) is 46.6 Å². The fourth-order valence-electron chi connectivity index (χ4n) is 3.58. The Hall–Kier alpha value is -3.37. The number of nitro benzene ring substituents is 1. The number of benzene rings is 2. The van der Waals surface area contributed by atoms with E-state index in [1.807, 2.05) is 17.2 Å². The summed E-state index contributed by atoms with van der Waals surface area (Å²) in [6.07, 6.45) is 0. The lowest BCUT2D eigenvalue weighted by molar-refractivity contribution is -0.384. The molecule has 2 aromatic carbocycles. The summed E-state index contributed by atoms with van der Waals surface area (Å²) in [5, 5.41) is 14.1. The van der Waals surface area contributed by atoms with E-state index in [-0.39, 0.29) is 17.8 Å². The van der Waals surface area contributed by atoms with Crippen molar-refractivity contribution in [3.05, 3.63) is 80.0 Å². The predicted molar refractivity (Wildman–Crippen MR) is 120 cm³/mol. The van der Waals surface area contributed by atoms with Crippen LogP contribution in [0.5, 0.6) is 0 Å². The number of carbonyl (C=O) groups is 1. The second-order valence-corrected chi connectivity index (χ2v) is 8.35. The zero-order chi connectivity index (χ0) is 22.7. The summed E-state index contributed by atoms with van der Waals surface area (Å²) in [4.78, 5) is 32.6. The predicted octanol–water partition coefficient (Wildman–Crippen LogP) is 4.18. The number of hydrogen-bond acceptors (Lipinski definition) is 7. The van der Waals surface area contributed by atoms with Crippen molar-refractivity contribution in [3.8, 4) is 0 Å². The van der Waals surface area contributed by atoms with Crippen LogP contribution in [0.2, 0.25) is 0 Å². The molecule has 1 aromatic heterocycles. The zero-order valence-corrected chi connectivity index (χ0v) is 18.2. The molecule has 0 unspecified atom stereocenters. The second-order valence-electron chi connectivity index (χ2n) is 7.28. The number of aromatic nitrogens is 1. The maximum absolute atomic E-state index is 13.8. The molecule has 2 heterocycles. The molecule has 3 aromatic rings. The number of non-ortho nitro benzene ring substituents is 1. The van der Waals surface area contributed by atoms with Gasteiger partial charge in [-0.2, -0.15) is 0 Å². The van der Waals surface area contributed by atoms with Crippen LogP contribution in [0, 0.1) is 22.9 Å². The summed E-state index contributed by atoms with van der Waals surface area (Å²) in [6.45, 7) is 4.17. The highest BCUT2D eigenvalue weighted by Gasteiger charge is 2.27. The number of hydrogen-bond donors (Lipinski definition) is 0. The van der Waals surface area contributed by atoms with Crippen LogP contribution in [0.3, 0.4) is 0 Å². The summed E-state index contributed by atoms with van der Waals surface area (Å²) < 4.78 is 19.0. The third-order valence-electron chi connectivity index (χ3n) is 5.14. The highest BCUT2D eigenvalue weighted by molar-refractivity contribution is 7.09. The normalized spacial score (nSPS) is 13.8. The van der Waals surface area contributed by atoms with Gasteiger partial charge in [0.25, 0.3) is 11.6 Å². The van der Waals surface area contributed by atoms with E-state index >= 15 is 0 Å². The molecule has 0 radical (unpaired) electrons. The van der Waals surface area contributed by atoms with Gasteiger partial charge >= 0.3 is 0 Å². The summed E-state index contributed by atoms with van der Waals surface area (Å²) >= 11 is 1.46. The molecule has 1 aliphatic heterocycles. The molecule has 1 amide bonds. The molecule has 1 aliphatic rings. The Bertz CT molecular complexity index is 1130. The topological polar surface area (TPSA) is 88.8 Å². The minimum absolute atomic E-state index is 0.153. The van der Waals surface area contributed by atoms with E-state index in [1.165, 1.54) is 52.6 Å². The van der Waals surface area contributed by atoms with Gasteiger partial charge in [-0.1, -0.05) is 0 Å². The van der Waals surface area contributed by atoms with E-state index in [4.69, 9.17) is 4.74 Å². The second kappa shape index (κ2) is 9.41. The number of ether oxygens (including phenoxy) is 1. The van der Waals surface area contributed by atoms with Gasteiger partial charge in [0.15, 0.2) is 0 Å². The number of nitrogens with zero attached hydrogens (tertiary/aromatic N) is 4. The monoisotopic (exact) mass is 456 g/mol. The van der Waals surface area contributed by atoms with Gasteiger partial charge in [-0.15, -0.1) is 11.3 Å². The lowest BCUT2D eigenvalue weighted by atomic mass is 10.1. The van der Waals surface area contributed by atoms with E-state index in [0.717, 1.165) is 5.01 Å². The van der Waals surface area contributed by atoms with Gasteiger partial charge in [0.2, 0.25) is 0 Å². The van der Waals surface area contributed by atoms with E-state index in [9.17, 15) is 19.3 Å². The van der Waals surface area contributed by atoms with Crippen molar-refractivity contribution < 1.29 is 18.8 Å². The van der Waals surface area contributed by atoms with Crippen molar-refractivity contribution in [1.29, 1.82) is 0 Å². The number of anilines is 2. The van der Waals surface area contributed by atoms with Gasteiger partial charge in [-0.05, 0) is 37.3 Å². The quantitative estimate of drug-likeness (QED) is 0.408. The first-order chi connectivity index (χ1) is 15.4. The van der Waals surface area contributed by atoms with Crippen molar-refractivity contribution in [2.24, 2.45) is 0 Å². The molecule has 1 fully saturated rings. The van der Waals surface area contributed by atoms with Crippen LogP contribution in [0.15, 0.2) is 47.8 Å². The molecule has 0 N–H and O–H groups in total. The molecule has 166 valence electrons. The Labute approximate surface area is 188 Å². The Balaban J connectivity index is 1.78. The molecular formula is C22H21FN4O4S. The molecule has 32 heavy (non-hydrogen) atoms. The van der Waals surface area contributed by atoms with E-state index in [1.54, 1.807) is 6.07 Å². The third-order valence-corrected chi connectivity index (χ3v) is 5.97. The first kappa shape index (κ1) is 21.8. The Morgan fingerprint density at radius 3 is 2.59 bits per heavy atom. The van der Waals surface area contributed by atoms with Crippen LogP contribution in [-0.2, 0) is 11.3 Å². The maximum Gasteiger partial charge on any atom is 0.270 e. The number of thiazole rings is 1. The minimum atomic E-state index is -0.522. The van der Waals surface area contributed by atoms with Crippen LogP contribution < -0.4 is 9.80 Å². The number of amides is 1. The average Bonchev–Trinajstić information content (AvgIpc) is 3.22. The van der Waals surface area contributed by atoms with Gasteiger partial charge in [-0.3, -0.25) is 14.9 Å². The first-order valence-electron chi connectivity index (χ1n) is 10.0. The number of carbonyl (C=O) groups excluding carboxylic acids is 1. The van der Waals surface area contributed by atoms with Crippen LogP contribution in [0.4, 0.5) is 21.5 Å². The largest absolute Gasteiger partial charge is 0.378 e. The average molecular weight is 456 g/mol. The van der Waals surface area contributed by atoms with Gasteiger partial charge in [-0.25, -0.2) is 9.37 Å². The van der Waals surface area contributed by atoms with Gasteiger partial charge in [0, 0.05) is 36.3 Å². The highest BCUT2D eigenvalue weighted by atomic mass is 32.1. The molecule has 10 heteroatoms. The molecule has 0 spiro atoms. The van der Waals surface area contributed by atoms with Crippen LogP contribution in [0.25, 0.3) is 0 Å². The smallest absolute Gasteiger partial charge is 0.270 e. The van der Waals surface area contributed by atoms with Crippen molar-refractivity contribution in [1.82, 2.24) is 4.98 Å². The summed E-state index contributed by atoms with van der Waals surface area (Å²) in [6, 6.07) is 9.88. The Kier molecular flexibility index (Phi) is 6.42. The lowest BCUT2D eigenvalue weighted by Crippen LogP contribution is -2.38. The lowest BCUT2D eigenvalue weighted by Gasteiger charge is -2.31. The maximum atomic E-state index is 13.8. The van der Waals surface area contributed by atoms with Crippen LogP contribution in [0.1, 0.15) is 21.1 Å². The van der Waals surface area contributed by atoms with Gasteiger partial charge in [0.1, 0.15) is 5.82 Å². The molecule has 0 saturated carbocycles. The summed E-state index contributed by atoms with van der Waals surface area (Å²) in [7, 11) is 0. The van der Waals surface area contributed by atoms with E-state index < -0.39 is 16.6 Å². The third kappa shape index (κ3) is 4.76. The number of morpholine rings is 1. The summed E-state index contributed by atoms with van der Waals surface area (Å²) in [5.41, 5.74) is 1.79. The van der Waals surface area contributed by atoms with Crippen molar-refractivity contribution in [2.75, 3.05) is 36.1 Å². The zero-order valence-electron chi connectivity index (χ0n) is 17.4. The fourth-order valence-corrected chi connectivity index (χ4v) is 4.18. The van der Waals surface area contributed by atoms with Crippen LogP contribution >= 0.6 is 11.3 Å². The van der Waals surface area contributed by atoms with Crippen molar-refractivity contribution in [3.63, 3.8) is 0 Å². The van der Waals surface area contributed by atoms with Crippen molar-refractivity contribution in [2.45, 2.75) is 13.5 Å². The molecular weight excluding hydrogens is 435 g/mol. The van der Waals surface area contributed by atoms with Crippen LogP contribution in [-0.4, -0.2) is 42.1 Å². The first-order valence-corrected chi connectivity index (χ1v) is 10.9. The molecule has 1 saturated heterocycles. The summed E-state index contributed by atoms with van der Waals surface area (Å²) in [5.74, 6) is -0.845. The van der Waals surface area contributed by atoms with Crippen molar-refractivity contribution >= 4 is 34.3 Å². The highest BCUT2D eigenvalue weighted by Crippen LogP contribution is 2.30. The number of rotatable bonds is 6.